The summed E-state index contributed by atoms with van der Waals surface area (Å²) in [6.45, 7) is 3.81. The predicted molar refractivity (Wildman–Crippen MR) is 77.8 cm³/mol. The molecule has 1 saturated heterocycles. The number of rotatable bonds is 0. The molecule has 1 heterocycles. The van der Waals surface area contributed by atoms with Gasteiger partial charge in [-0.3, -0.25) is 4.79 Å². The Morgan fingerprint density at radius 3 is 2.47 bits per heavy atom. The molecule has 0 spiro atoms. The van der Waals surface area contributed by atoms with E-state index in [1.807, 2.05) is 0 Å². The predicted octanol–water partition coefficient (Wildman–Crippen LogP) is 4.49. The van der Waals surface area contributed by atoms with E-state index in [1.165, 1.54) is 44.9 Å². The van der Waals surface area contributed by atoms with E-state index in [-0.39, 0.29) is 7.43 Å². The third-order valence-electron chi connectivity index (χ3n) is 5.23. The summed E-state index contributed by atoms with van der Waals surface area (Å²) in [6, 6.07) is 0. The molecule has 4 aliphatic rings. The molecule has 0 amide bonds. The number of hydrogen-bond donors (Lipinski definition) is 0. The van der Waals surface area contributed by atoms with E-state index in [1.54, 1.807) is 0 Å². The summed E-state index contributed by atoms with van der Waals surface area (Å²) in [5.41, 5.74) is 0. The Bertz CT molecular complexity index is 333. The van der Waals surface area contributed by atoms with Gasteiger partial charge in [0.05, 0.1) is 5.76 Å². The van der Waals surface area contributed by atoms with E-state index < -0.39 is 0 Å². The summed E-state index contributed by atoms with van der Waals surface area (Å²) < 4.78 is 5.49. The number of carbonyl (C=O) groups is 1. The van der Waals surface area contributed by atoms with Crippen molar-refractivity contribution in [3.8, 4) is 0 Å². The molecule has 0 bridgehead atoms. The van der Waals surface area contributed by atoms with Crippen LogP contribution >= 0.6 is 0 Å². The minimum Gasteiger partial charge on any atom is -0.495 e. The van der Waals surface area contributed by atoms with E-state index in [0.717, 1.165) is 30.4 Å². The maximum Gasteiger partial charge on any atom is 0.136 e. The Hall–Kier alpha value is -0.790. The molecule has 2 heteroatoms. The van der Waals surface area contributed by atoms with Crippen LogP contribution in [0.4, 0.5) is 0 Å². The Labute approximate surface area is 117 Å². The van der Waals surface area contributed by atoms with E-state index in [9.17, 15) is 4.79 Å². The summed E-state index contributed by atoms with van der Waals surface area (Å²) in [7, 11) is 0. The van der Waals surface area contributed by atoms with Crippen LogP contribution in [-0.4, -0.2) is 11.9 Å². The van der Waals surface area contributed by atoms with Crippen molar-refractivity contribution >= 4 is 5.78 Å². The first-order valence-electron chi connectivity index (χ1n) is 7.61. The highest BCUT2D eigenvalue weighted by atomic mass is 16.5. The van der Waals surface area contributed by atoms with Gasteiger partial charge in [-0.05, 0) is 44.4 Å². The highest BCUT2D eigenvalue weighted by Crippen LogP contribution is 2.41. The number of carbonyl (C=O) groups excluding carboxylic acids is 1. The Balaban J connectivity index is 0.000000133. The Morgan fingerprint density at radius 1 is 1.00 bits per heavy atom. The lowest BCUT2D eigenvalue weighted by atomic mass is 10.0. The molecule has 4 fully saturated rings. The van der Waals surface area contributed by atoms with Gasteiger partial charge in [-0.2, -0.15) is 0 Å². The van der Waals surface area contributed by atoms with Crippen molar-refractivity contribution in [2.45, 2.75) is 71.3 Å². The van der Waals surface area contributed by atoms with Gasteiger partial charge < -0.3 is 4.74 Å². The van der Waals surface area contributed by atoms with Crippen molar-refractivity contribution < 1.29 is 9.53 Å². The Kier molecular flexibility index (Phi) is 4.70. The van der Waals surface area contributed by atoms with Crippen molar-refractivity contribution in [3.63, 3.8) is 0 Å². The largest absolute Gasteiger partial charge is 0.495 e. The van der Waals surface area contributed by atoms with Gasteiger partial charge in [0.15, 0.2) is 0 Å². The van der Waals surface area contributed by atoms with Crippen LogP contribution in [0.25, 0.3) is 0 Å². The van der Waals surface area contributed by atoms with E-state index >= 15 is 0 Å². The molecule has 0 aromatic heterocycles. The molecular formula is C17H28O2. The van der Waals surface area contributed by atoms with Crippen molar-refractivity contribution in [1.29, 1.82) is 0 Å². The molecule has 0 N–H and O–H groups in total. The minimum absolute atomic E-state index is 0. The van der Waals surface area contributed by atoms with Crippen molar-refractivity contribution in [2.24, 2.45) is 17.8 Å². The van der Waals surface area contributed by atoms with Crippen molar-refractivity contribution in [1.82, 2.24) is 0 Å². The molecule has 0 aromatic rings. The maximum absolute atomic E-state index is 11.1. The third-order valence-corrected chi connectivity index (χ3v) is 5.23. The smallest absolute Gasteiger partial charge is 0.136 e. The zero-order chi connectivity index (χ0) is 12.5. The second-order valence-corrected chi connectivity index (χ2v) is 6.39. The Morgan fingerprint density at radius 2 is 1.74 bits per heavy atom. The molecular weight excluding hydrogens is 236 g/mol. The third kappa shape index (κ3) is 3.04. The van der Waals surface area contributed by atoms with Gasteiger partial charge >= 0.3 is 0 Å². The lowest BCUT2D eigenvalue weighted by molar-refractivity contribution is -0.120. The molecule has 0 unspecified atom stereocenters. The van der Waals surface area contributed by atoms with Gasteiger partial charge in [-0.15, -0.1) is 0 Å². The van der Waals surface area contributed by atoms with Crippen LogP contribution in [0.2, 0.25) is 0 Å². The molecule has 0 aromatic carbocycles. The fourth-order valence-electron chi connectivity index (χ4n) is 4.27. The first-order valence-corrected chi connectivity index (χ1v) is 7.61. The van der Waals surface area contributed by atoms with Crippen LogP contribution in [0, 0.1) is 17.8 Å². The second-order valence-electron chi connectivity index (χ2n) is 6.39. The van der Waals surface area contributed by atoms with Crippen LogP contribution < -0.4 is 0 Å². The van der Waals surface area contributed by atoms with Crippen LogP contribution in [0.15, 0.2) is 12.3 Å². The first kappa shape index (κ1) is 14.6. The molecule has 19 heavy (non-hydrogen) atoms. The SMILES string of the molecule is C.C=C1C[C@@H]2CCC[C@H]2O1.O=C1CC[C@@H]2CCC[C@@H]12. The monoisotopic (exact) mass is 264 g/mol. The van der Waals surface area contributed by atoms with Crippen LogP contribution in [0.3, 0.4) is 0 Å². The summed E-state index contributed by atoms with van der Waals surface area (Å²) >= 11 is 0. The van der Waals surface area contributed by atoms with E-state index in [0.29, 0.717) is 17.8 Å². The fraction of sp³-hybridized carbons (Fsp3) is 0.824. The number of ether oxygens (including phenoxy) is 1. The van der Waals surface area contributed by atoms with Crippen LogP contribution in [0.1, 0.15) is 65.2 Å². The average molecular weight is 264 g/mol. The number of hydrogen-bond acceptors (Lipinski definition) is 2. The standard InChI is InChI=1S/2C8H12O.CH4/c1-6-5-7-3-2-4-8(7)9-6;9-8-5-4-6-2-1-3-7(6)8;/h7-8H,1-5H2;6-7H,1-5H2;1H4/t7-,8+;6-,7+;/m00./s1. The van der Waals surface area contributed by atoms with Crippen LogP contribution in [-0.2, 0) is 9.53 Å². The average Bonchev–Trinajstić information content (AvgIpc) is 3.02. The van der Waals surface area contributed by atoms with Gasteiger partial charge in [-0.1, -0.05) is 20.4 Å². The molecule has 1 aliphatic heterocycles. The molecule has 4 rings (SSSR count). The van der Waals surface area contributed by atoms with E-state index in [2.05, 4.69) is 6.58 Å². The van der Waals surface area contributed by atoms with Gasteiger partial charge in [0.25, 0.3) is 0 Å². The first-order chi connectivity index (χ1) is 8.74. The fourth-order valence-corrected chi connectivity index (χ4v) is 4.27. The number of ketones is 1. The lowest BCUT2D eigenvalue weighted by Gasteiger charge is -2.05. The maximum atomic E-state index is 11.1. The molecule has 4 atom stereocenters. The highest BCUT2D eigenvalue weighted by molar-refractivity contribution is 5.83. The zero-order valence-electron chi connectivity index (χ0n) is 11.2. The van der Waals surface area contributed by atoms with E-state index in [4.69, 9.17) is 4.74 Å². The number of fused-ring (bicyclic) bond motifs is 2. The summed E-state index contributed by atoms with van der Waals surface area (Å²) in [5.74, 6) is 3.71. The topological polar surface area (TPSA) is 26.3 Å². The zero-order valence-corrected chi connectivity index (χ0v) is 11.2. The lowest BCUT2D eigenvalue weighted by Crippen LogP contribution is -2.06. The highest BCUT2D eigenvalue weighted by Gasteiger charge is 2.37. The molecule has 0 radical (unpaired) electrons. The second kappa shape index (κ2) is 6.11. The van der Waals surface area contributed by atoms with Gasteiger partial charge in [0.2, 0.25) is 0 Å². The number of Topliss-reactive ketones (excluding diaryl/α,β-unsaturated/α-hetero) is 1. The molecule has 108 valence electrons. The molecule has 3 aliphatic carbocycles. The van der Waals surface area contributed by atoms with Crippen LogP contribution in [0.5, 0.6) is 0 Å². The van der Waals surface area contributed by atoms with Gasteiger partial charge in [0.1, 0.15) is 11.9 Å². The molecule has 2 nitrogen and oxygen atoms in total. The van der Waals surface area contributed by atoms with Gasteiger partial charge in [-0.25, -0.2) is 0 Å². The summed E-state index contributed by atoms with van der Waals surface area (Å²) in [6.07, 6.45) is 11.6. The van der Waals surface area contributed by atoms with Crippen molar-refractivity contribution in [3.05, 3.63) is 12.3 Å². The minimum atomic E-state index is 0. The normalized spacial score (nSPS) is 38.9. The van der Waals surface area contributed by atoms with Gasteiger partial charge in [0, 0.05) is 24.7 Å². The molecule has 3 saturated carbocycles. The summed E-state index contributed by atoms with van der Waals surface area (Å²) in [4.78, 5) is 11.1. The quantitative estimate of drug-likeness (QED) is 0.644. The summed E-state index contributed by atoms with van der Waals surface area (Å²) in [5, 5.41) is 0. The number of allylic oxidation sites excluding steroid dienone is 1. The van der Waals surface area contributed by atoms with Crippen molar-refractivity contribution in [2.75, 3.05) is 0 Å².